The summed E-state index contributed by atoms with van der Waals surface area (Å²) in [6.07, 6.45) is 6.88. The van der Waals surface area contributed by atoms with Gasteiger partial charge in [-0.2, -0.15) is 0 Å². The molecule has 2 aliphatic heterocycles. The number of para-hydroxylation sites is 1. The van der Waals surface area contributed by atoms with Crippen molar-refractivity contribution in [2.24, 2.45) is 0 Å². The molecule has 1 saturated heterocycles. The minimum atomic E-state index is -0.00810. The standard InChI is InChI=1S/C21H24N4O2/c26-19-9-8-17(24-19)14-25(13-15-4-2-10-22-12-15)21(27)18-7-1-5-16-6-3-11-23-20(16)18/h1-2,4-5,7,10,12,17,23H,3,6,8-9,11,13-14H2,(H,24,26)/t17-/m0/s1. The zero-order chi connectivity index (χ0) is 18.6. The van der Waals surface area contributed by atoms with E-state index in [1.54, 1.807) is 12.4 Å². The molecule has 0 unspecified atom stereocenters. The number of fused-ring (bicyclic) bond motifs is 1. The molecule has 2 aliphatic rings. The molecular weight excluding hydrogens is 340 g/mol. The molecule has 6 nitrogen and oxygen atoms in total. The van der Waals surface area contributed by atoms with Gasteiger partial charge in [0.05, 0.1) is 11.3 Å². The number of hydrogen-bond acceptors (Lipinski definition) is 4. The summed E-state index contributed by atoms with van der Waals surface area (Å²) in [7, 11) is 0. The topological polar surface area (TPSA) is 74.3 Å². The minimum absolute atomic E-state index is 0.00520. The molecule has 1 aromatic heterocycles. The Morgan fingerprint density at radius 3 is 2.93 bits per heavy atom. The highest BCUT2D eigenvalue weighted by Gasteiger charge is 2.28. The third-order valence-electron chi connectivity index (χ3n) is 5.22. The first-order valence-electron chi connectivity index (χ1n) is 9.54. The predicted molar refractivity (Wildman–Crippen MR) is 103 cm³/mol. The first-order valence-corrected chi connectivity index (χ1v) is 9.54. The van der Waals surface area contributed by atoms with Gasteiger partial charge in [-0.25, -0.2) is 0 Å². The van der Waals surface area contributed by atoms with E-state index in [2.05, 4.69) is 21.7 Å². The Balaban J connectivity index is 1.61. The quantitative estimate of drug-likeness (QED) is 0.854. The molecule has 1 fully saturated rings. The number of anilines is 1. The van der Waals surface area contributed by atoms with E-state index in [0.717, 1.165) is 37.1 Å². The number of nitrogens with one attached hydrogen (secondary N) is 2. The SMILES string of the molecule is O=C1CC[C@@H](CN(Cc2cccnc2)C(=O)c2cccc3c2NCCC3)N1. The maximum absolute atomic E-state index is 13.4. The molecule has 0 saturated carbocycles. The van der Waals surface area contributed by atoms with Gasteiger partial charge in [0, 0.05) is 44.5 Å². The number of aryl methyl sites for hydroxylation is 1. The summed E-state index contributed by atoms with van der Waals surface area (Å²) in [6, 6.07) is 9.79. The monoisotopic (exact) mass is 364 g/mol. The summed E-state index contributed by atoms with van der Waals surface area (Å²) < 4.78 is 0. The molecule has 4 rings (SSSR count). The van der Waals surface area contributed by atoms with E-state index in [1.165, 1.54) is 5.56 Å². The van der Waals surface area contributed by atoms with Crippen LogP contribution in [0.5, 0.6) is 0 Å². The van der Waals surface area contributed by atoms with Gasteiger partial charge in [-0.05, 0) is 42.5 Å². The summed E-state index contributed by atoms with van der Waals surface area (Å²) in [5, 5.41) is 6.38. The number of aromatic nitrogens is 1. The van der Waals surface area contributed by atoms with Crippen molar-refractivity contribution in [3.63, 3.8) is 0 Å². The van der Waals surface area contributed by atoms with Crippen molar-refractivity contribution in [1.29, 1.82) is 0 Å². The highest BCUT2D eigenvalue weighted by atomic mass is 16.2. The van der Waals surface area contributed by atoms with Crippen molar-refractivity contribution in [3.8, 4) is 0 Å². The lowest BCUT2D eigenvalue weighted by Gasteiger charge is -2.28. The van der Waals surface area contributed by atoms with Crippen molar-refractivity contribution < 1.29 is 9.59 Å². The van der Waals surface area contributed by atoms with Crippen molar-refractivity contribution >= 4 is 17.5 Å². The van der Waals surface area contributed by atoms with Crippen molar-refractivity contribution in [3.05, 3.63) is 59.4 Å². The molecular formula is C21H24N4O2. The third kappa shape index (κ3) is 3.94. The number of carbonyl (C=O) groups is 2. The smallest absolute Gasteiger partial charge is 0.256 e. The van der Waals surface area contributed by atoms with Crippen LogP contribution in [-0.2, 0) is 17.8 Å². The van der Waals surface area contributed by atoms with E-state index >= 15 is 0 Å². The molecule has 2 N–H and O–H groups in total. The first-order chi connectivity index (χ1) is 13.2. The second-order valence-corrected chi connectivity index (χ2v) is 7.22. The van der Waals surface area contributed by atoms with Gasteiger partial charge >= 0.3 is 0 Å². The normalized spacial score (nSPS) is 18.4. The van der Waals surface area contributed by atoms with E-state index in [1.807, 2.05) is 29.2 Å². The predicted octanol–water partition coefficient (Wildman–Crippen LogP) is 2.36. The minimum Gasteiger partial charge on any atom is -0.384 e. The van der Waals surface area contributed by atoms with Gasteiger partial charge in [0.1, 0.15) is 0 Å². The average molecular weight is 364 g/mol. The van der Waals surface area contributed by atoms with Gasteiger partial charge in [-0.3, -0.25) is 14.6 Å². The van der Waals surface area contributed by atoms with E-state index in [0.29, 0.717) is 25.1 Å². The van der Waals surface area contributed by atoms with Gasteiger partial charge in [-0.15, -0.1) is 0 Å². The van der Waals surface area contributed by atoms with Gasteiger partial charge in [0.25, 0.3) is 5.91 Å². The summed E-state index contributed by atoms with van der Waals surface area (Å²) in [4.78, 5) is 31.0. The molecule has 0 radical (unpaired) electrons. The van der Waals surface area contributed by atoms with Gasteiger partial charge in [-0.1, -0.05) is 18.2 Å². The summed E-state index contributed by atoms with van der Waals surface area (Å²) >= 11 is 0. The van der Waals surface area contributed by atoms with Crippen LogP contribution >= 0.6 is 0 Å². The van der Waals surface area contributed by atoms with Crippen LogP contribution in [0.2, 0.25) is 0 Å². The Labute approximate surface area is 159 Å². The van der Waals surface area contributed by atoms with E-state index in [4.69, 9.17) is 0 Å². The highest BCUT2D eigenvalue weighted by molar-refractivity contribution is 6.00. The number of amides is 2. The van der Waals surface area contributed by atoms with Crippen molar-refractivity contribution in [2.45, 2.75) is 38.3 Å². The van der Waals surface area contributed by atoms with Gasteiger partial charge in [0.15, 0.2) is 0 Å². The molecule has 3 heterocycles. The zero-order valence-electron chi connectivity index (χ0n) is 15.3. The summed E-state index contributed by atoms with van der Waals surface area (Å²) in [5.41, 5.74) is 3.84. The van der Waals surface area contributed by atoms with Crippen LogP contribution in [0.1, 0.15) is 40.7 Å². The van der Waals surface area contributed by atoms with E-state index in [9.17, 15) is 9.59 Å². The van der Waals surface area contributed by atoms with Gasteiger partial charge < -0.3 is 15.5 Å². The van der Waals surface area contributed by atoms with Crippen molar-refractivity contribution in [1.82, 2.24) is 15.2 Å². The van der Waals surface area contributed by atoms with Crippen LogP contribution < -0.4 is 10.6 Å². The first kappa shape index (κ1) is 17.5. The largest absolute Gasteiger partial charge is 0.384 e. The molecule has 27 heavy (non-hydrogen) atoms. The van der Waals surface area contributed by atoms with E-state index < -0.39 is 0 Å². The second-order valence-electron chi connectivity index (χ2n) is 7.22. The van der Waals surface area contributed by atoms with Crippen LogP contribution in [0.4, 0.5) is 5.69 Å². The molecule has 1 aromatic carbocycles. The Morgan fingerprint density at radius 1 is 1.22 bits per heavy atom. The van der Waals surface area contributed by atoms with Gasteiger partial charge in [0.2, 0.25) is 5.91 Å². The van der Waals surface area contributed by atoms with Crippen molar-refractivity contribution in [2.75, 3.05) is 18.4 Å². The van der Waals surface area contributed by atoms with Crippen LogP contribution in [0.15, 0.2) is 42.7 Å². The zero-order valence-corrected chi connectivity index (χ0v) is 15.3. The molecule has 2 aromatic rings. The molecule has 6 heteroatoms. The molecule has 0 spiro atoms. The Bertz CT molecular complexity index is 837. The number of hydrogen-bond donors (Lipinski definition) is 2. The van der Waals surface area contributed by atoms with Crippen LogP contribution in [0.25, 0.3) is 0 Å². The Morgan fingerprint density at radius 2 is 2.15 bits per heavy atom. The lowest BCUT2D eigenvalue weighted by molar-refractivity contribution is -0.119. The number of pyridine rings is 1. The maximum atomic E-state index is 13.4. The summed E-state index contributed by atoms with van der Waals surface area (Å²) in [6.45, 7) is 1.87. The molecule has 0 aliphatic carbocycles. The van der Waals surface area contributed by atoms with E-state index in [-0.39, 0.29) is 17.9 Å². The Hall–Kier alpha value is -2.89. The number of rotatable bonds is 5. The third-order valence-corrected chi connectivity index (χ3v) is 5.22. The number of carbonyl (C=O) groups excluding carboxylic acids is 2. The fourth-order valence-electron chi connectivity index (χ4n) is 3.87. The number of benzene rings is 1. The van der Waals surface area contributed by atoms with Crippen LogP contribution in [0.3, 0.4) is 0 Å². The maximum Gasteiger partial charge on any atom is 0.256 e. The van der Waals surface area contributed by atoms with Crippen LogP contribution in [0, 0.1) is 0 Å². The number of nitrogens with zero attached hydrogens (tertiary/aromatic N) is 2. The highest BCUT2D eigenvalue weighted by Crippen LogP contribution is 2.27. The summed E-state index contributed by atoms with van der Waals surface area (Å²) in [5.74, 6) is 0.0544. The lowest BCUT2D eigenvalue weighted by atomic mass is 9.98. The second kappa shape index (κ2) is 7.78. The molecule has 1 atom stereocenters. The Kier molecular flexibility index (Phi) is 5.05. The molecule has 0 bridgehead atoms. The molecule has 2 amide bonds. The average Bonchev–Trinajstić information content (AvgIpc) is 3.12. The fraction of sp³-hybridized carbons (Fsp3) is 0.381. The lowest BCUT2D eigenvalue weighted by Crippen LogP contribution is -2.42. The fourth-order valence-corrected chi connectivity index (χ4v) is 3.87. The van der Waals surface area contributed by atoms with Crippen LogP contribution in [-0.4, -0.2) is 40.8 Å². The molecule has 140 valence electrons.